The van der Waals surface area contributed by atoms with Crippen LogP contribution in [0, 0.1) is 6.92 Å². The van der Waals surface area contributed by atoms with E-state index < -0.39 is 0 Å². The number of amides is 1. The number of hydrogen-bond donors (Lipinski definition) is 0. The van der Waals surface area contributed by atoms with Crippen molar-refractivity contribution in [3.63, 3.8) is 0 Å². The fourth-order valence-electron chi connectivity index (χ4n) is 3.90. The van der Waals surface area contributed by atoms with E-state index in [-0.39, 0.29) is 11.9 Å². The molecule has 1 amide bonds. The zero-order valence-electron chi connectivity index (χ0n) is 16.3. The zero-order chi connectivity index (χ0) is 19.1. The summed E-state index contributed by atoms with van der Waals surface area (Å²) in [6, 6.07) is 5.76. The molecule has 3 aromatic heterocycles. The van der Waals surface area contributed by atoms with E-state index in [0.717, 1.165) is 37.0 Å². The minimum atomic E-state index is 0.0147. The molecule has 0 radical (unpaired) electrons. The highest BCUT2D eigenvalue weighted by molar-refractivity contribution is 6.07. The molecule has 3 aromatic rings. The van der Waals surface area contributed by atoms with Crippen molar-refractivity contribution in [2.45, 2.75) is 25.8 Å². The summed E-state index contributed by atoms with van der Waals surface area (Å²) < 4.78 is 7.24. The number of aryl methyl sites for hydroxylation is 2. The van der Waals surface area contributed by atoms with Crippen molar-refractivity contribution in [1.82, 2.24) is 24.6 Å². The number of pyridine rings is 1. The number of likely N-dealkylation sites (tertiary alicyclic amines) is 1. The van der Waals surface area contributed by atoms with E-state index in [1.807, 2.05) is 44.1 Å². The second-order valence-electron chi connectivity index (χ2n) is 7.39. The van der Waals surface area contributed by atoms with Crippen LogP contribution >= 0.6 is 0 Å². The van der Waals surface area contributed by atoms with E-state index >= 15 is 0 Å². The van der Waals surface area contributed by atoms with Crippen LogP contribution in [-0.4, -0.2) is 63.7 Å². The van der Waals surface area contributed by atoms with Crippen molar-refractivity contribution >= 4 is 16.9 Å². The number of hydrogen-bond acceptors (Lipinski definition) is 5. The first-order valence-corrected chi connectivity index (χ1v) is 9.29. The molecule has 0 aliphatic carbocycles. The molecule has 1 saturated heterocycles. The van der Waals surface area contributed by atoms with E-state index in [4.69, 9.17) is 9.40 Å². The lowest BCUT2D eigenvalue weighted by molar-refractivity contribution is 0.0661. The van der Waals surface area contributed by atoms with Gasteiger partial charge in [-0.2, -0.15) is 5.10 Å². The minimum absolute atomic E-state index is 0.0147. The Morgan fingerprint density at radius 3 is 2.70 bits per heavy atom. The van der Waals surface area contributed by atoms with Crippen LogP contribution in [0.2, 0.25) is 0 Å². The second kappa shape index (κ2) is 6.81. The minimum Gasteiger partial charge on any atom is -0.463 e. The molecule has 0 bridgehead atoms. The first-order chi connectivity index (χ1) is 13.0. The van der Waals surface area contributed by atoms with E-state index in [1.54, 1.807) is 10.9 Å². The summed E-state index contributed by atoms with van der Waals surface area (Å²) in [5, 5.41) is 5.30. The van der Waals surface area contributed by atoms with E-state index in [9.17, 15) is 4.79 Å². The van der Waals surface area contributed by atoms with Crippen LogP contribution in [0.3, 0.4) is 0 Å². The van der Waals surface area contributed by atoms with Crippen LogP contribution in [0.15, 0.2) is 28.9 Å². The molecule has 0 atom stereocenters. The molecule has 1 fully saturated rings. The van der Waals surface area contributed by atoms with Gasteiger partial charge in [0.2, 0.25) is 0 Å². The van der Waals surface area contributed by atoms with Crippen molar-refractivity contribution < 1.29 is 9.21 Å². The molecule has 0 N–H and O–H groups in total. The molecule has 1 aliphatic heterocycles. The summed E-state index contributed by atoms with van der Waals surface area (Å²) >= 11 is 0. The average molecular weight is 367 g/mol. The first kappa shape index (κ1) is 17.7. The molecule has 0 saturated carbocycles. The zero-order valence-corrected chi connectivity index (χ0v) is 16.3. The Morgan fingerprint density at radius 2 is 2.04 bits per heavy atom. The largest absolute Gasteiger partial charge is 0.463 e. The standard InChI is InChI=1S/C20H25N5O2/c1-13-18-15(20(26)24(3)14-7-9-23(2)10-8-14)12-16(17-6-5-11-27-17)21-19(18)25(4)22-13/h5-6,11-12,14H,7-10H2,1-4H3. The third-order valence-corrected chi connectivity index (χ3v) is 5.53. The third kappa shape index (κ3) is 3.12. The van der Waals surface area contributed by atoms with E-state index in [0.29, 0.717) is 22.7 Å². The molecular formula is C20H25N5O2. The molecule has 7 nitrogen and oxygen atoms in total. The van der Waals surface area contributed by atoms with Crippen molar-refractivity contribution in [2.24, 2.45) is 7.05 Å². The molecule has 1 aliphatic rings. The van der Waals surface area contributed by atoms with Crippen LogP contribution in [0.4, 0.5) is 0 Å². The lowest BCUT2D eigenvalue weighted by atomic mass is 10.0. The third-order valence-electron chi connectivity index (χ3n) is 5.53. The van der Waals surface area contributed by atoms with Crippen molar-refractivity contribution in [1.29, 1.82) is 0 Å². The Morgan fingerprint density at radius 1 is 1.30 bits per heavy atom. The van der Waals surface area contributed by atoms with Gasteiger partial charge in [0.25, 0.3) is 5.91 Å². The van der Waals surface area contributed by atoms with Gasteiger partial charge in [-0.3, -0.25) is 9.48 Å². The van der Waals surface area contributed by atoms with Gasteiger partial charge in [-0.1, -0.05) is 0 Å². The number of carbonyl (C=O) groups excluding carboxylic acids is 1. The number of fused-ring (bicyclic) bond motifs is 1. The Balaban J connectivity index is 1.78. The molecule has 27 heavy (non-hydrogen) atoms. The lowest BCUT2D eigenvalue weighted by Crippen LogP contribution is -2.44. The van der Waals surface area contributed by atoms with Crippen molar-refractivity contribution in [2.75, 3.05) is 27.2 Å². The number of aromatic nitrogens is 3. The number of piperidine rings is 1. The van der Waals surface area contributed by atoms with Crippen molar-refractivity contribution in [3.05, 3.63) is 35.7 Å². The Hall–Kier alpha value is -2.67. The molecule has 7 heteroatoms. The fraction of sp³-hybridized carbons (Fsp3) is 0.450. The predicted molar refractivity (Wildman–Crippen MR) is 104 cm³/mol. The number of nitrogens with zero attached hydrogens (tertiary/aromatic N) is 5. The Bertz CT molecular complexity index is 968. The quantitative estimate of drug-likeness (QED) is 0.712. The van der Waals surface area contributed by atoms with Crippen LogP contribution in [0.5, 0.6) is 0 Å². The highest BCUT2D eigenvalue weighted by atomic mass is 16.3. The van der Waals surface area contributed by atoms with Gasteiger partial charge in [0.05, 0.1) is 22.9 Å². The first-order valence-electron chi connectivity index (χ1n) is 9.29. The summed E-state index contributed by atoms with van der Waals surface area (Å²) in [4.78, 5) is 22.3. The average Bonchev–Trinajstić information content (AvgIpc) is 3.29. The fourth-order valence-corrected chi connectivity index (χ4v) is 3.90. The van der Waals surface area contributed by atoms with E-state index in [1.165, 1.54) is 0 Å². The Kier molecular flexibility index (Phi) is 4.47. The molecule has 4 rings (SSSR count). The van der Waals surface area contributed by atoms with Gasteiger partial charge in [0, 0.05) is 20.1 Å². The maximum absolute atomic E-state index is 13.4. The number of rotatable bonds is 3. The smallest absolute Gasteiger partial charge is 0.254 e. The molecule has 4 heterocycles. The van der Waals surface area contributed by atoms with E-state index in [2.05, 4.69) is 17.0 Å². The van der Waals surface area contributed by atoms with Gasteiger partial charge in [-0.25, -0.2) is 4.98 Å². The highest BCUT2D eigenvalue weighted by Crippen LogP contribution is 2.29. The number of furan rings is 1. The van der Waals surface area contributed by atoms with Gasteiger partial charge in [0.1, 0.15) is 5.69 Å². The van der Waals surface area contributed by atoms with Crippen LogP contribution in [0.1, 0.15) is 28.9 Å². The highest BCUT2D eigenvalue weighted by Gasteiger charge is 2.28. The maximum Gasteiger partial charge on any atom is 0.254 e. The Labute approximate surface area is 158 Å². The summed E-state index contributed by atoms with van der Waals surface area (Å²) in [6.45, 7) is 3.94. The van der Waals surface area contributed by atoms with Gasteiger partial charge >= 0.3 is 0 Å². The van der Waals surface area contributed by atoms with Gasteiger partial charge in [-0.05, 0) is 58.1 Å². The lowest BCUT2D eigenvalue weighted by Gasteiger charge is -2.35. The summed E-state index contributed by atoms with van der Waals surface area (Å²) in [5.41, 5.74) is 2.79. The molecule has 0 spiro atoms. The van der Waals surface area contributed by atoms with Gasteiger partial charge in [-0.15, -0.1) is 0 Å². The summed E-state index contributed by atoms with van der Waals surface area (Å²) in [5.74, 6) is 0.660. The molecule has 142 valence electrons. The molecular weight excluding hydrogens is 342 g/mol. The normalized spacial score (nSPS) is 16.1. The molecule has 0 unspecified atom stereocenters. The van der Waals surface area contributed by atoms with Crippen LogP contribution in [0.25, 0.3) is 22.5 Å². The van der Waals surface area contributed by atoms with Gasteiger partial charge < -0.3 is 14.2 Å². The molecule has 0 aromatic carbocycles. The van der Waals surface area contributed by atoms with Crippen LogP contribution < -0.4 is 0 Å². The predicted octanol–water partition coefficient (Wildman–Crippen LogP) is 2.70. The number of carbonyl (C=O) groups is 1. The maximum atomic E-state index is 13.4. The second-order valence-corrected chi connectivity index (χ2v) is 7.39. The van der Waals surface area contributed by atoms with Gasteiger partial charge in [0.15, 0.2) is 11.4 Å². The summed E-state index contributed by atoms with van der Waals surface area (Å²) in [7, 11) is 5.88. The van der Waals surface area contributed by atoms with Crippen LogP contribution in [-0.2, 0) is 7.05 Å². The van der Waals surface area contributed by atoms with Crippen molar-refractivity contribution in [3.8, 4) is 11.5 Å². The summed E-state index contributed by atoms with van der Waals surface area (Å²) in [6.07, 6.45) is 3.59. The topological polar surface area (TPSA) is 67.4 Å². The monoisotopic (exact) mass is 367 g/mol. The SMILES string of the molecule is Cc1nn(C)c2nc(-c3ccco3)cc(C(=O)N(C)C3CCN(C)CC3)c12.